The van der Waals surface area contributed by atoms with Gasteiger partial charge in [-0.1, -0.05) is 48.5 Å². The number of hydrogen-bond acceptors (Lipinski definition) is 6. The molecule has 0 spiro atoms. The highest BCUT2D eigenvalue weighted by Gasteiger charge is 2.27. The molecule has 176 valence electrons. The molecular formula is C26H26N8O. The van der Waals surface area contributed by atoms with E-state index in [4.69, 9.17) is 0 Å². The minimum absolute atomic E-state index is 0.0117. The van der Waals surface area contributed by atoms with E-state index in [0.717, 1.165) is 37.3 Å². The number of H-pyrrole nitrogens is 1. The quantitative estimate of drug-likeness (QED) is 0.398. The van der Waals surface area contributed by atoms with Crippen LogP contribution in [0.15, 0.2) is 72.9 Å². The number of para-hydroxylation sites is 1. The van der Waals surface area contributed by atoms with E-state index >= 15 is 0 Å². The average Bonchev–Trinajstić information content (AvgIpc) is 3.56. The van der Waals surface area contributed by atoms with Crippen molar-refractivity contribution in [3.8, 4) is 0 Å². The molecule has 4 heterocycles. The molecule has 2 N–H and O–H groups in total. The highest BCUT2D eigenvalue weighted by molar-refractivity contribution is 5.84. The summed E-state index contributed by atoms with van der Waals surface area (Å²) < 4.78 is 1.43. The van der Waals surface area contributed by atoms with E-state index in [-0.39, 0.29) is 17.7 Å². The summed E-state index contributed by atoms with van der Waals surface area (Å²) in [6, 6.07) is 22.5. The van der Waals surface area contributed by atoms with Crippen LogP contribution in [0.3, 0.4) is 0 Å². The van der Waals surface area contributed by atoms with Crippen LogP contribution in [0.2, 0.25) is 0 Å². The Morgan fingerprint density at radius 3 is 2.69 bits per heavy atom. The molecule has 35 heavy (non-hydrogen) atoms. The highest BCUT2D eigenvalue weighted by Crippen LogP contribution is 2.31. The monoisotopic (exact) mass is 466 g/mol. The molecular weight excluding hydrogens is 440 g/mol. The second-order valence-electron chi connectivity index (χ2n) is 8.98. The van der Waals surface area contributed by atoms with Gasteiger partial charge in [-0.2, -0.15) is 0 Å². The first-order valence-electron chi connectivity index (χ1n) is 12.0. The van der Waals surface area contributed by atoms with E-state index in [2.05, 4.69) is 84.5 Å². The standard InChI is InChI=1S/C26H26N8O/c35-26(19-12-14-33(15-13-19)25-11-10-24-29-31-32-34(24)30-25)28-16-21(18-6-2-1-3-7-18)22-17-27-23-9-5-4-8-20(22)23/h1-11,17,19,21,27H,12-16H2,(H,28,35)/t21-/m0/s1. The lowest BCUT2D eigenvalue weighted by atomic mass is 9.90. The number of aromatic nitrogens is 6. The summed E-state index contributed by atoms with van der Waals surface area (Å²) in [4.78, 5) is 18.7. The Kier molecular flexibility index (Phi) is 5.57. The molecule has 0 bridgehead atoms. The van der Waals surface area contributed by atoms with Gasteiger partial charge < -0.3 is 15.2 Å². The summed E-state index contributed by atoms with van der Waals surface area (Å²) >= 11 is 0. The lowest BCUT2D eigenvalue weighted by Crippen LogP contribution is -2.42. The summed E-state index contributed by atoms with van der Waals surface area (Å²) in [6.45, 7) is 2.09. The predicted molar refractivity (Wildman–Crippen MR) is 133 cm³/mol. The molecule has 3 aromatic heterocycles. The number of rotatable bonds is 6. The van der Waals surface area contributed by atoms with Crippen LogP contribution in [0.4, 0.5) is 5.82 Å². The summed E-state index contributed by atoms with van der Waals surface area (Å²) in [5, 5.41) is 20.3. The number of hydrogen-bond donors (Lipinski definition) is 2. The smallest absolute Gasteiger partial charge is 0.223 e. The lowest BCUT2D eigenvalue weighted by Gasteiger charge is -2.32. The zero-order valence-electron chi connectivity index (χ0n) is 19.2. The minimum Gasteiger partial charge on any atom is -0.361 e. The first-order chi connectivity index (χ1) is 17.3. The van der Waals surface area contributed by atoms with Crippen molar-refractivity contribution in [2.45, 2.75) is 18.8 Å². The third kappa shape index (κ3) is 4.21. The molecule has 9 nitrogen and oxygen atoms in total. The number of amides is 1. The van der Waals surface area contributed by atoms with Crippen LogP contribution in [-0.2, 0) is 4.79 Å². The maximum Gasteiger partial charge on any atom is 0.223 e. The molecule has 0 saturated carbocycles. The molecule has 0 radical (unpaired) electrons. The van der Waals surface area contributed by atoms with Crippen molar-refractivity contribution in [1.82, 2.24) is 35.6 Å². The maximum absolute atomic E-state index is 13.2. The van der Waals surface area contributed by atoms with Gasteiger partial charge in [-0.15, -0.1) is 14.8 Å². The van der Waals surface area contributed by atoms with Crippen molar-refractivity contribution in [3.63, 3.8) is 0 Å². The Bertz CT molecular complexity index is 1450. The molecule has 2 aromatic carbocycles. The van der Waals surface area contributed by atoms with E-state index in [9.17, 15) is 4.79 Å². The average molecular weight is 467 g/mol. The molecule has 1 atom stereocenters. The van der Waals surface area contributed by atoms with E-state index in [0.29, 0.717) is 12.2 Å². The molecule has 9 heteroatoms. The van der Waals surface area contributed by atoms with Crippen LogP contribution in [0, 0.1) is 5.92 Å². The fourth-order valence-corrected chi connectivity index (χ4v) is 5.00. The van der Waals surface area contributed by atoms with Gasteiger partial charge in [0.05, 0.1) is 0 Å². The normalized spacial score (nSPS) is 15.5. The van der Waals surface area contributed by atoms with Crippen LogP contribution >= 0.6 is 0 Å². The zero-order chi connectivity index (χ0) is 23.6. The van der Waals surface area contributed by atoms with Crippen molar-refractivity contribution in [2.24, 2.45) is 5.92 Å². The molecule has 1 aliphatic rings. The van der Waals surface area contributed by atoms with Gasteiger partial charge in [0.25, 0.3) is 0 Å². The Hall–Kier alpha value is -4.27. The van der Waals surface area contributed by atoms with Gasteiger partial charge in [0.15, 0.2) is 11.5 Å². The number of benzene rings is 2. The topological polar surface area (TPSA) is 104 Å². The van der Waals surface area contributed by atoms with Crippen LogP contribution in [-0.4, -0.2) is 55.8 Å². The number of carbonyl (C=O) groups excluding carboxylic acids is 1. The summed E-state index contributed by atoms with van der Waals surface area (Å²) in [5.41, 5.74) is 4.12. The molecule has 1 aliphatic heterocycles. The summed E-state index contributed by atoms with van der Waals surface area (Å²) in [5.74, 6) is 1.01. The molecule has 6 rings (SSSR count). The van der Waals surface area contributed by atoms with Crippen molar-refractivity contribution >= 4 is 28.3 Å². The second-order valence-corrected chi connectivity index (χ2v) is 8.98. The first-order valence-corrected chi connectivity index (χ1v) is 12.0. The van der Waals surface area contributed by atoms with Crippen LogP contribution in [0.5, 0.6) is 0 Å². The van der Waals surface area contributed by atoms with Gasteiger partial charge >= 0.3 is 0 Å². The van der Waals surface area contributed by atoms with Crippen LogP contribution in [0.1, 0.15) is 29.9 Å². The number of anilines is 1. The number of nitrogens with zero attached hydrogens (tertiary/aromatic N) is 6. The Morgan fingerprint density at radius 1 is 1.03 bits per heavy atom. The van der Waals surface area contributed by atoms with Gasteiger partial charge in [-0.25, -0.2) is 0 Å². The van der Waals surface area contributed by atoms with Gasteiger partial charge in [-0.3, -0.25) is 4.79 Å². The van der Waals surface area contributed by atoms with Crippen molar-refractivity contribution < 1.29 is 4.79 Å². The van der Waals surface area contributed by atoms with Gasteiger partial charge in [0.2, 0.25) is 5.91 Å². The largest absolute Gasteiger partial charge is 0.361 e. The van der Waals surface area contributed by atoms with E-state index in [1.54, 1.807) is 0 Å². The molecule has 1 amide bonds. The fourth-order valence-electron chi connectivity index (χ4n) is 5.00. The van der Waals surface area contributed by atoms with Crippen molar-refractivity contribution in [1.29, 1.82) is 0 Å². The minimum atomic E-state index is -0.0117. The number of fused-ring (bicyclic) bond motifs is 2. The molecule has 1 fully saturated rings. The van der Waals surface area contributed by atoms with Gasteiger partial charge in [0.1, 0.15) is 0 Å². The SMILES string of the molecule is O=C(NC[C@@H](c1ccccc1)c1c[nH]c2ccccc12)C1CCN(c2ccc3nnnn3n2)CC1. The maximum atomic E-state index is 13.2. The molecule has 5 aromatic rings. The third-order valence-electron chi connectivity index (χ3n) is 6.92. The Labute approximate surface area is 202 Å². The van der Waals surface area contributed by atoms with E-state index < -0.39 is 0 Å². The van der Waals surface area contributed by atoms with E-state index in [1.807, 2.05) is 24.3 Å². The number of piperidine rings is 1. The number of nitrogens with one attached hydrogen (secondary N) is 2. The highest BCUT2D eigenvalue weighted by atomic mass is 16.1. The van der Waals surface area contributed by atoms with Gasteiger partial charge in [-0.05, 0) is 52.6 Å². The van der Waals surface area contributed by atoms with Crippen LogP contribution < -0.4 is 10.2 Å². The zero-order valence-corrected chi connectivity index (χ0v) is 19.2. The first kappa shape index (κ1) is 21.3. The summed E-state index contributed by atoms with van der Waals surface area (Å²) in [6.07, 6.45) is 3.63. The Balaban J connectivity index is 1.13. The number of tetrazole rings is 1. The molecule has 1 saturated heterocycles. The predicted octanol–water partition coefficient (Wildman–Crippen LogP) is 3.17. The molecule has 0 unspecified atom stereocenters. The number of carbonyl (C=O) groups is 1. The second kappa shape index (κ2) is 9.17. The Morgan fingerprint density at radius 2 is 1.83 bits per heavy atom. The van der Waals surface area contributed by atoms with Gasteiger partial charge in [0, 0.05) is 48.6 Å². The third-order valence-corrected chi connectivity index (χ3v) is 6.92. The number of aromatic amines is 1. The van der Waals surface area contributed by atoms with E-state index in [1.165, 1.54) is 21.1 Å². The fraction of sp³-hybridized carbons (Fsp3) is 0.269. The van der Waals surface area contributed by atoms with Crippen molar-refractivity contribution in [2.75, 3.05) is 24.5 Å². The van der Waals surface area contributed by atoms with Crippen molar-refractivity contribution in [3.05, 3.63) is 84.1 Å². The summed E-state index contributed by atoms with van der Waals surface area (Å²) in [7, 11) is 0. The lowest BCUT2D eigenvalue weighted by molar-refractivity contribution is -0.125. The molecule has 0 aliphatic carbocycles. The van der Waals surface area contributed by atoms with Crippen LogP contribution in [0.25, 0.3) is 16.6 Å².